The molecule has 2 N–H and O–H groups in total. The average molecular weight is 418 g/mol. The number of nitrogens with zero attached hydrogens (tertiary/aromatic N) is 2. The highest BCUT2D eigenvalue weighted by atomic mass is 79.9. The maximum absolute atomic E-state index is 12.8. The van der Waals surface area contributed by atoms with Crippen LogP contribution in [0.5, 0.6) is 5.75 Å². The number of carbonyl (C=O) groups excluding carboxylic acids is 2. The Morgan fingerprint density at radius 2 is 1.69 bits per heavy atom. The van der Waals surface area contributed by atoms with E-state index in [1.165, 1.54) is 0 Å². The van der Waals surface area contributed by atoms with Crippen molar-refractivity contribution >= 4 is 33.4 Å². The molecule has 26 heavy (non-hydrogen) atoms. The van der Waals surface area contributed by atoms with E-state index < -0.39 is 5.91 Å². The molecular weight excluding hydrogens is 398 g/mol. The molecule has 0 radical (unpaired) electrons. The molecule has 0 bridgehead atoms. The largest absolute Gasteiger partial charge is 0.496 e. The number of hydrogen-bond acceptors (Lipinski definition) is 4. The van der Waals surface area contributed by atoms with Gasteiger partial charge < -0.3 is 20.3 Å². The van der Waals surface area contributed by atoms with E-state index in [1.54, 1.807) is 31.4 Å². The van der Waals surface area contributed by atoms with E-state index >= 15 is 0 Å². The number of primary amides is 1. The standard InChI is InChI=1S/C19H20BrN3O3/c1-26-17-12-14(20)4-7-16(17)19(25)23-10-8-22(9-11-23)15-5-2-13(3-6-15)18(21)24/h2-7,12H,8-11H2,1H3,(H2,21,24). The number of methoxy groups -OCH3 is 1. The molecule has 0 unspecified atom stereocenters. The van der Waals surface area contributed by atoms with Crippen LogP contribution in [0.15, 0.2) is 46.9 Å². The second kappa shape index (κ2) is 7.78. The summed E-state index contributed by atoms with van der Waals surface area (Å²) in [6, 6.07) is 12.6. The first-order valence-corrected chi connectivity index (χ1v) is 9.06. The molecule has 0 atom stereocenters. The van der Waals surface area contributed by atoms with Crippen molar-refractivity contribution in [1.82, 2.24) is 4.90 Å². The maximum atomic E-state index is 12.8. The molecule has 3 rings (SSSR count). The van der Waals surface area contributed by atoms with Crippen LogP contribution in [0.4, 0.5) is 5.69 Å². The Kier molecular flexibility index (Phi) is 5.46. The molecule has 7 heteroatoms. The molecule has 2 amide bonds. The van der Waals surface area contributed by atoms with E-state index in [4.69, 9.17) is 10.5 Å². The molecular formula is C19H20BrN3O3. The molecule has 1 aliphatic rings. The predicted octanol–water partition coefficient (Wildman–Crippen LogP) is 2.52. The Hall–Kier alpha value is -2.54. The van der Waals surface area contributed by atoms with E-state index in [1.807, 2.05) is 23.1 Å². The smallest absolute Gasteiger partial charge is 0.257 e. The van der Waals surface area contributed by atoms with E-state index in [9.17, 15) is 9.59 Å². The zero-order chi connectivity index (χ0) is 18.7. The molecule has 0 aliphatic carbocycles. The van der Waals surface area contributed by atoms with Crippen molar-refractivity contribution in [3.63, 3.8) is 0 Å². The van der Waals surface area contributed by atoms with Gasteiger partial charge in [-0.3, -0.25) is 9.59 Å². The first-order chi connectivity index (χ1) is 12.5. The van der Waals surface area contributed by atoms with Crippen LogP contribution in [-0.2, 0) is 0 Å². The van der Waals surface area contributed by atoms with Gasteiger partial charge >= 0.3 is 0 Å². The minimum Gasteiger partial charge on any atom is -0.496 e. The number of hydrogen-bond donors (Lipinski definition) is 1. The predicted molar refractivity (Wildman–Crippen MR) is 104 cm³/mol. The SMILES string of the molecule is COc1cc(Br)ccc1C(=O)N1CCN(c2ccc(C(N)=O)cc2)CC1. The highest BCUT2D eigenvalue weighted by molar-refractivity contribution is 9.10. The lowest BCUT2D eigenvalue weighted by Gasteiger charge is -2.36. The Balaban J connectivity index is 1.66. The second-order valence-electron chi connectivity index (χ2n) is 6.03. The highest BCUT2D eigenvalue weighted by Crippen LogP contribution is 2.25. The van der Waals surface area contributed by atoms with Crippen molar-refractivity contribution in [3.8, 4) is 5.75 Å². The molecule has 1 fully saturated rings. The Bertz CT molecular complexity index is 815. The second-order valence-corrected chi connectivity index (χ2v) is 6.95. The summed E-state index contributed by atoms with van der Waals surface area (Å²) in [5.74, 6) is 0.0994. The van der Waals surface area contributed by atoms with Crippen LogP contribution in [0.1, 0.15) is 20.7 Å². The van der Waals surface area contributed by atoms with Crippen LogP contribution in [0.3, 0.4) is 0 Å². The van der Waals surface area contributed by atoms with Crippen LogP contribution in [0.2, 0.25) is 0 Å². The molecule has 0 saturated carbocycles. The van der Waals surface area contributed by atoms with E-state index in [-0.39, 0.29) is 5.91 Å². The van der Waals surface area contributed by atoms with E-state index in [2.05, 4.69) is 20.8 Å². The molecule has 0 aromatic heterocycles. The van der Waals surface area contributed by atoms with Gasteiger partial charge in [-0.1, -0.05) is 15.9 Å². The summed E-state index contributed by atoms with van der Waals surface area (Å²) in [5.41, 5.74) is 7.34. The number of piperazine rings is 1. The zero-order valence-electron chi connectivity index (χ0n) is 14.4. The maximum Gasteiger partial charge on any atom is 0.257 e. The lowest BCUT2D eigenvalue weighted by molar-refractivity contribution is 0.0743. The number of benzene rings is 2. The fourth-order valence-corrected chi connectivity index (χ4v) is 3.36. The number of carbonyl (C=O) groups is 2. The minimum atomic E-state index is -0.435. The zero-order valence-corrected chi connectivity index (χ0v) is 16.0. The van der Waals surface area contributed by atoms with Gasteiger partial charge in [0.2, 0.25) is 5.91 Å². The van der Waals surface area contributed by atoms with E-state index in [0.29, 0.717) is 30.0 Å². The third-order valence-electron chi connectivity index (χ3n) is 4.48. The summed E-state index contributed by atoms with van der Waals surface area (Å²) in [7, 11) is 1.56. The lowest BCUT2D eigenvalue weighted by atomic mass is 10.1. The third-order valence-corrected chi connectivity index (χ3v) is 4.97. The summed E-state index contributed by atoms with van der Waals surface area (Å²) in [6.45, 7) is 2.69. The summed E-state index contributed by atoms with van der Waals surface area (Å²) in [6.07, 6.45) is 0. The van der Waals surface area contributed by atoms with Gasteiger partial charge in [0.15, 0.2) is 0 Å². The molecule has 2 aromatic carbocycles. The molecule has 2 aromatic rings. The van der Waals surface area contributed by atoms with Crippen LogP contribution in [0.25, 0.3) is 0 Å². The van der Waals surface area contributed by atoms with Crippen molar-refractivity contribution in [2.75, 3.05) is 38.2 Å². The quantitative estimate of drug-likeness (QED) is 0.828. The molecule has 1 heterocycles. The summed E-state index contributed by atoms with van der Waals surface area (Å²) in [4.78, 5) is 28.0. The topological polar surface area (TPSA) is 75.9 Å². The molecule has 1 aliphatic heterocycles. The van der Waals surface area contributed by atoms with Crippen molar-refractivity contribution in [1.29, 1.82) is 0 Å². The van der Waals surface area contributed by atoms with Gasteiger partial charge in [0.05, 0.1) is 12.7 Å². The fraction of sp³-hybridized carbons (Fsp3) is 0.263. The number of rotatable bonds is 4. The Labute approximate surface area is 160 Å². The number of ether oxygens (including phenoxy) is 1. The van der Waals surface area contributed by atoms with Crippen LogP contribution < -0.4 is 15.4 Å². The van der Waals surface area contributed by atoms with Crippen molar-refractivity contribution in [2.45, 2.75) is 0 Å². The van der Waals surface area contributed by atoms with Gasteiger partial charge in [0, 0.05) is 41.9 Å². The third kappa shape index (κ3) is 3.83. The Morgan fingerprint density at radius 3 is 2.27 bits per heavy atom. The summed E-state index contributed by atoms with van der Waals surface area (Å²) < 4.78 is 6.20. The van der Waals surface area contributed by atoms with E-state index in [0.717, 1.165) is 23.2 Å². The number of anilines is 1. The van der Waals surface area contributed by atoms with Gasteiger partial charge in [-0.2, -0.15) is 0 Å². The van der Waals surface area contributed by atoms with Crippen LogP contribution in [-0.4, -0.2) is 50.0 Å². The van der Waals surface area contributed by atoms with Crippen molar-refractivity contribution in [2.24, 2.45) is 5.73 Å². The first kappa shape index (κ1) is 18.3. The lowest BCUT2D eigenvalue weighted by Crippen LogP contribution is -2.48. The molecule has 136 valence electrons. The fourth-order valence-electron chi connectivity index (χ4n) is 3.02. The van der Waals surface area contributed by atoms with Gasteiger partial charge in [-0.05, 0) is 42.5 Å². The van der Waals surface area contributed by atoms with Crippen molar-refractivity contribution in [3.05, 3.63) is 58.1 Å². The van der Waals surface area contributed by atoms with Gasteiger partial charge in [0.25, 0.3) is 5.91 Å². The molecule has 6 nitrogen and oxygen atoms in total. The van der Waals surface area contributed by atoms with Crippen molar-refractivity contribution < 1.29 is 14.3 Å². The van der Waals surface area contributed by atoms with Gasteiger partial charge in [-0.15, -0.1) is 0 Å². The summed E-state index contributed by atoms with van der Waals surface area (Å²) >= 11 is 3.39. The van der Waals surface area contributed by atoms with Gasteiger partial charge in [0.1, 0.15) is 5.75 Å². The molecule has 0 spiro atoms. The average Bonchev–Trinajstić information content (AvgIpc) is 2.67. The normalized spacial score (nSPS) is 14.2. The Morgan fingerprint density at radius 1 is 1.04 bits per heavy atom. The number of amides is 2. The number of nitrogens with two attached hydrogens (primary N) is 1. The monoisotopic (exact) mass is 417 g/mol. The summed E-state index contributed by atoms with van der Waals surface area (Å²) in [5, 5.41) is 0. The number of halogens is 1. The van der Waals surface area contributed by atoms with Crippen LogP contribution >= 0.6 is 15.9 Å². The first-order valence-electron chi connectivity index (χ1n) is 8.27. The van der Waals surface area contributed by atoms with Gasteiger partial charge in [-0.25, -0.2) is 0 Å². The molecule has 1 saturated heterocycles. The minimum absolute atomic E-state index is 0.0296. The highest BCUT2D eigenvalue weighted by Gasteiger charge is 2.24. The van der Waals surface area contributed by atoms with Crippen LogP contribution in [0, 0.1) is 0 Å².